The van der Waals surface area contributed by atoms with Gasteiger partial charge in [-0.2, -0.15) is 0 Å². The Morgan fingerprint density at radius 1 is 1.40 bits per heavy atom. The van der Waals surface area contributed by atoms with Gasteiger partial charge in [0.25, 0.3) is 0 Å². The number of aliphatic carboxylic acids is 2. The van der Waals surface area contributed by atoms with E-state index in [0.29, 0.717) is 5.69 Å². The van der Waals surface area contributed by atoms with Crippen LogP contribution in [-0.2, 0) is 9.59 Å². The van der Waals surface area contributed by atoms with Gasteiger partial charge >= 0.3 is 11.9 Å². The van der Waals surface area contributed by atoms with Gasteiger partial charge in [0, 0.05) is 12.4 Å². The maximum Gasteiger partial charge on any atom is 0.323 e. The Kier molecular flexibility index (Phi) is 3.50. The molecule has 0 aliphatic heterocycles. The molecule has 0 aliphatic rings. The molecule has 1 heterocycles. The van der Waals surface area contributed by atoms with Gasteiger partial charge in [0.2, 0.25) is 0 Å². The fraction of sp³-hybridized carbons (Fsp3) is 0.111. The van der Waals surface area contributed by atoms with Crippen LogP contribution in [0.2, 0.25) is 0 Å². The van der Waals surface area contributed by atoms with Gasteiger partial charge in [-0.25, -0.2) is 0 Å². The number of carboxylic acids is 2. The lowest BCUT2D eigenvalue weighted by atomic mass is 10.2. The first-order valence-electron chi connectivity index (χ1n) is 4.01. The molecule has 1 aromatic rings. The second kappa shape index (κ2) is 4.85. The van der Waals surface area contributed by atoms with E-state index in [9.17, 15) is 9.59 Å². The van der Waals surface area contributed by atoms with E-state index in [1.54, 1.807) is 12.1 Å². The number of aliphatic imine (C=N–C) groups is 1. The van der Waals surface area contributed by atoms with E-state index in [4.69, 9.17) is 10.2 Å². The van der Waals surface area contributed by atoms with Gasteiger partial charge in [0.1, 0.15) is 0 Å². The molecule has 0 aliphatic carbocycles. The lowest BCUT2D eigenvalue weighted by Crippen LogP contribution is -2.24. The normalized spacial score (nSPS) is 10.7. The highest BCUT2D eigenvalue weighted by Gasteiger charge is 2.23. The molecule has 78 valence electrons. The van der Waals surface area contributed by atoms with E-state index in [1.807, 2.05) is 0 Å². The molecule has 6 heteroatoms. The van der Waals surface area contributed by atoms with Crippen molar-refractivity contribution in [1.82, 2.24) is 4.98 Å². The third kappa shape index (κ3) is 3.18. The molecular weight excluding hydrogens is 200 g/mol. The summed E-state index contributed by atoms with van der Waals surface area (Å²) in [5.41, 5.74) is 0.407. The number of hydrogen-bond donors (Lipinski definition) is 2. The molecule has 0 amide bonds. The first kappa shape index (κ1) is 10.8. The van der Waals surface area contributed by atoms with E-state index >= 15 is 0 Å². The summed E-state index contributed by atoms with van der Waals surface area (Å²) in [4.78, 5) is 28.4. The molecule has 0 atom stereocenters. The Hall–Kier alpha value is -2.24. The Bertz CT molecular complexity index is 374. The van der Waals surface area contributed by atoms with Gasteiger partial charge in [-0.15, -0.1) is 0 Å². The van der Waals surface area contributed by atoms with Gasteiger partial charge in [-0.05, 0) is 12.1 Å². The molecule has 0 fully saturated rings. The molecule has 2 N–H and O–H groups in total. The van der Waals surface area contributed by atoms with Crippen molar-refractivity contribution in [3.05, 3.63) is 24.5 Å². The lowest BCUT2D eigenvalue weighted by molar-refractivity contribution is -0.150. The standard InChI is InChI=1S/C9H8N2O4/c12-8(13)7(9(14)15)5-11-6-2-1-3-10-4-6/h1-5,7H,(H,12,13)(H,14,15). The summed E-state index contributed by atoms with van der Waals surface area (Å²) in [6.07, 6.45) is 3.80. The van der Waals surface area contributed by atoms with Gasteiger partial charge in [-0.3, -0.25) is 19.6 Å². The number of carbonyl (C=O) groups is 2. The second-order valence-corrected chi connectivity index (χ2v) is 2.64. The van der Waals surface area contributed by atoms with E-state index in [0.717, 1.165) is 6.21 Å². The highest BCUT2D eigenvalue weighted by Crippen LogP contribution is 2.07. The van der Waals surface area contributed by atoms with E-state index in [2.05, 4.69) is 9.98 Å². The van der Waals surface area contributed by atoms with Crippen molar-refractivity contribution in [3.63, 3.8) is 0 Å². The Morgan fingerprint density at radius 3 is 2.53 bits per heavy atom. The Balaban J connectivity index is 2.79. The molecular formula is C9H8N2O4. The third-order valence-electron chi connectivity index (χ3n) is 1.55. The first-order chi connectivity index (χ1) is 7.11. The topological polar surface area (TPSA) is 99.9 Å². The summed E-state index contributed by atoms with van der Waals surface area (Å²) in [6, 6.07) is 3.20. The molecule has 0 saturated carbocycles. The minimum absolute atomic E-state index is 0.407. The molecule has 1 rings (SSSR count). The first-order valence-corrected chi connectivity index (χ1v) is 4.01. The van der Waals surface area contributed by atoms with E-state index < -0.39 is 17.9 Å². The van der Waals surface area contributed by atoms with E-state index in [-0.39, 0.29) is 0 Å². The second-order valence-electron chi connectivity index (χ2n) is 2.64. The summed E-state index contributed by atoms with van der Waals surface area (Å²) in [5, 5.41) is 17.1. The van der Waals surface area contributed by atoms with Crippen molar-refractivity contribution in [2.75, 3.05) is 0 Å². The SMILES string of the molecule is O=C(O)C(C=Nc1cccnc1)C(=O)O. The fourth-order valence-corrected chi connectivity index (χ4v) is 0.824. The maximum absolute atomic E-state index is 10.5. The number of rotatable bonds is 4. The van der Waals surface area contributed by atoms with Crippen LogP contribution in [0.4, 0.5) is 5.69 Å². The number of pyridine rings is 1. The summed E-state index contributed by atoms with van der Waals surface area (Å²) in [6.45, 7) is 0. The zero-order valence-electron chi connectivity index (χ0n) is 7.57. The van der Waals surface area contributed by atoms with Gasteiger partial charge in [-0.1, -0.05) is 0 Å². The van der Waals surface area contributed by atoms with Gasteiger partial charge < -0.3 is 10.2 Å². The number of carboxylic acid groups (broad SMARTS) is 2. The number of nitrogens with zero attached hydrogens (tertiary/aromatic N) is 2. The van der Waals surface area contributed by atoms with Crippen LogP contribution in [0.5, 0.6) is 0 Å². The van der Waals surface area contributed by atoms with Crippen molar-refractivity contribution in [3.8, 4) is 0 Å². The Labute approximate surface area is 84.9 Å². The minimum atomic E-state index is -1.63. The summed E-state index contributed by atoms with van der Waals surface area (Å²) < 4.78 is 0. The highest BCUT2D eigenvalue weighted by atomic mass is 16.4. The van der Waals surface area contributed by atoms with Crippen molar-refractivity contribution in [1.29, 1.82) is 0 Å². The van der Waals surface area contributed by atoms with Crippen LogP contribution in [0.3, 0.4) is 0 Å². The molecule has 6 nitrogen and oxygen atoms in total. The summed E-state index contributed by atoms with van der Waals surface area (Å²) in [7, 11) is 0. The molecule has 0 unspecified atom stereocenters. The predicted octanol–water partition coefficient (Wildman–Crippen LogP) is 0.569. The average molecular weight is 208 g/mol. The molecule has 0 aromatic carbocycles. The molecule has 0 spiro atoms. The molecule has 1 aromatic heterocycles. The van der Waals surface area contributed by atoms with Crippen molar-refractivity contribution >= 4 is 23.8 Å². The van der Waals surface area contributed by atoms with Crippen LogP contribution in [0, 0.1) is 5.92 Å². The van der Waals surface area contributed by atoms with Crippen molar-refractivity contribution < 1.29 is 19.8 Å². The van der Waals surface area contributed by atoms with Crippen LogP contribution in [0.1, 0.15) is 0 Å². The summed E-state index contributed by atoms with van der Waals surface area (Å²) >= 11 is 0. The average Bonchev–Trinajstić information content (AvgIpc) is 2.18. The number of aromatic nitrogens is 1. The van der Waals surface area contributed by atoms with Gasteiger partial charge in [0.05, 0.1) is 11.9 Å². The quantitative estimate of drug-likeness (QED) is 0.556. The third-order valence-corrected chi connectivity index (χ3v) is 1.55. The van der Waals surface area contributed by atoms with Crippen molar-refractivity contribution in [2.45, 2.75) is 0 Å². The fourth-order valence-electron chi connectivity index (χ4n) is 0.824. The minimum Gasteiger partial charge on any atom is -0.480 e. The van der Waals surface area contributed by atoms with Crippen molar-refractivity contribution in [2.24, 2.45) is 10.9 Å². The molecule has 0 saturated heterocycles. The monoisotopic (exact) mass is 208 g/mol. The molecule has 0 bridgehead atoms. The van der Waals surface area contributed by atoms with Crippen LogP contribution >= 0.6 is 0 Å². The van der Waals surface area contributed by atoms with E-state index in [1.165, 1.54) is 12.4 Å². The number of hydrogen-bond acceptors (Lipinski definition) is 4. The van der Waals surface area contributed by atoms with Crippen LogP contribution < -0.4 is 0 Å². The highest BCUT2D eigenvalue weighted by molar-refractivity contribution is 6.08. The maximum atomic E-state index is 10.5. The smallest absolute Gasteiger partial charge is 0.323 e. The van der Waals surface area contributed by atoms with Crippen LogP contribution in [0.25, 0.3) is 0 Å². The largest absolute Gasteiger partial charge is 0.480 e. The lowest BCUT2D eigenvalue weighted by Gasteiger charge is -1.99. The Morgan fingerprint density at radius 2 is 2.07 bits per heavy atom. The zero-order chi connectivity index (χ0) is 11.3. The molecule has 0 radical (unpaired) electrons. The van der Waals surface area contributed by atoms with Crippen LogP contribution in [0.15, 0.2) is 29.5 Å². The van der Waals surface area contributed by atoms with Crippen LogP contribution in [-0.4, -0.2) is 33.4 Å². The molecule has 15 heavy (non-hydrogen) atoms. The predicted molar refractivity (Wildman–Crippen MR) is 51.2 cm³/mol. The zero-order valence-corrected chi connectivity index (χ0v) is 7.57. The summed E-state index contributed by atoms with van der Waals surface area (Å²) in [5.74, 6) is -4.53. The van der Waals surface area contributed by atoms with Gasteiger partial charge in [0.15, 0.2) is 5.92 Å².